The number of fused-ring (bicyclic) bond motifs is 1. The number of morpholine rings is 1. The van der Waals surface area contributed by atoms with Crippen molar-refractivity contribution in [3.8, 4) is 16.9 Å². The number of ether oxygens (including phenoxy) is 2. The normalized spacial score (nSPS) is 19.1. The van der Waals surface area contributed by atoms with Crippen molar-refractivity contribution in [1.82, 2.24) is 34.7 Å². The predicted octanol–water partition coefficient (Wildman–Crippen LogP) is 3.83. The molecule has 11 nitrogen and oxygen atoms in total. The number of benzene rings is 2. The van der Waals surface area contributed by atoms with Gasteiger partial charge in [-0.15, -0.1) is 5.10 Å². The van der Waals surface area contributed by atoms with E-state index in [1.165, 1.54) is 0 Å². The molecule has 0 radical (unpaired) electrons. The molecule has 3 aliphatic heterocycles. The largest absolute Gasteiger partial charge is 0.496 e. The number of hydrogen-bond acceptors (Lipinski definition) is 7. The average Bonchev–Trinajstić information content (AvgIpc) is 3.90. The molecule has 2 fully saturated rings. The average molecular weight is 628 g/mol. The van der Waals surface area contributed by atoms with Crippen molar-refractivity contribution in [2.24, 2.45) is 0 Å². The van der Waals surface area contributed by atoms with Crippen LogP contribution in [0.5, 0.6) is 5.75 Å². The number of rotatable bonds is 8. The summed E-state index contributed by atoms with van der Waals surface area (Å²) in [5, 5.41) is 8.35. The van der Waals surface area contributed by atoms with Gasteiger partial charge in [0, 0.05) is 74.4 Å². The highest BCUT2D eigenvalue weighted by molar-refractivity contribution is 6.05. The molecule has 1 N–H and O–H groups in total. The van der Waals surface area contributed by atoms with E-state index in [4.69, 9.17) is 9.47 Å². The molecule has 0 spiro atoms. The first-order chi connectivity index (χ1) is 22.5. The number of halogens is 1. The third-order valence-corrected chi connectivity index (χ3v) is 9.37. The summed E-state index contributed by atoms with van der Waals surface area (Å²) in [5.74, 6) is 0.0376. The summed E-state index contributed by atoms with van der Waals surface area (Å²) in [6.07, 6.45) is 7.09. The van der Waals surface area contributed by atoms with Crippen LogP contribution in [0.25, 0.3) is 27.6 Å². The molecule has 5 heterocycles. The zero-order valence-electron chi connectivity index (χ0n) is 26.0. The number of carbonyl (C=O) groups is 2. The van der Waals surface area contributed by atoms with Crippen molar-refractivity contribution in [3.05, 3.63) is 71.9 Å². The van der Waals surface area contributed by atoms with E-state index in [-0.39, 0.29) is 30.3 Å². The third-order valence-electron chi connectivity index (χ3n) is 9.37. The Morgan fingerprint density at radius 2 is 1.91 bits per heavy atom. The summed E-state index contributed by atoms with van der Waals surface area (Å²) in [7, 11) is 1.61. The number of aromatic amines is 1. The van der Waals surface area contributed by atoms with Crippen LogP contribution < -0.4 is 4.74 Å². The number of hydrogen-bond donors (Lipinski definition) is 1. The molecule has 2 amide bonds. The number of nitrogens with one attached hydrogen (secondary N) is 1. The van der Waals surface area contributed by atoms with E-state index in [0.29, 0.717) is 74.2 Å². The highest BCUT2D eigenvalue weighted by Crippen LogP contribution is 2.40. The van der Waals surface area contributed by atoms with Crippen LogP contribution in [0, 0.1) is 5.82 Å². The Bertz CT molecular complexity index is 1760. The fourth-order valence-electron chi connectivity index (χ4n) is 6.91. The highest BCUT2D eigenvalue weighted by Gasteiger charge is 2.33. The van der Waals surface area contributed by atoms with Crippen molar-refractivity contribution in [1.29, 1.82) is 0 Å². The van der Waals surface area contributed by atoms with Crippen LogP contribution in [-0.4, -0.2) is 112 Å². The number of likely N-dealkylation sites (tertiary alicyclic amines) is 1. The molecule has 0 bridgehead atoms. The zero-order chi connectivity index (χ0) is 31.6. The number of amides is 2. The van der Waals surface area contributed by atoms with Gasteiger partial charge in [0.05, 0.1) is 38.6 Å². The van der Waals surface area contributed by atoms with Gasteiger partial charge in [0.15, 0.2) is 5.82 Å². The minimum Gasteiger partial charge on any atom is -0.496 e. The summed E-state index contributed by atoms with van der Waals surface area (Å²) in [5.41, 5.74) is 3.29. The number of nitrogens with zero attached hydrogens (tertiary/aromatic N) is 6. The van der Waals surface area contributed by atoms with Gasteiger partial charge in [-0.3, -0.25) is 19.2 Å². The monoisotopic (exact) mass is 627 g/mol. The van der Waals surface area contributed by atoms with Crippen molar-refractivity contribution in [3.63, 3.8) is 0 Å². The summed E-state index contributed by atoms with van der Waals surface area (Å²) in [4.78, 5) is 36.1. The first-order valence-corrected chi connectivity index (χ1v) is 15.9. The second kappa shape index (κ2) is 13.1. The summed E-state index contributed by atoms with van der Waals surface area (Å²) in [6, 6.07) is 11.5. The minimum absolute atomic E-state index is 0.0266. The number of methoxy groups -OCH3 is 1. The maximum atomic E-state index is 16.6. The van der Waals surface area contributed by atoms with Crippen molar-refractivity contribution in [2.75, 3.05) is 59.6 Å². The van der Waals surface area contributed by atoms with E-state index in [1.54, 1.807) is 35.2 Å². The Kier molecular flexibility index (Phi) is 8.55. The number of H-pyrrole nitrogens is 1. The standard InChI is InChI=1S/C34H38FN7O4/c1-45-30-7-3-2-6-25(30)27-19-26(23-5-4-11-40(21-23)31(43)9-13-42-14-10-36-38-42)32(35)33-28(27)20-29(37-33)34(44)41-12-8-24(22-41)39-15-17-46-18-16-39/h2-3,5-7,10,14,19-20,24,37H,4,8-9,11-13,15-18,21-22H2,1H3/t24-/m1/s1. The maximum Gasteiger partial charge on any atom is 0.270 e. The summed E-state index contributed by atoms with van der Waals surface area (Å²) in [6.45, 7) is 5.73. The van der Waals surface area contributed by atoms with Gasteiger partial charge in [-0.2, -0.15) is 0 Å². The smallest absolute Gasteiger partial charge is 0.270 e. The second-order valence-electron chi connectivity index (χ2n) is 12.0. The van der Waals surface area contributed by atoms with Gasteiger partial charge in [-0.25, -0.2) is 4.39 Å². The van der Waals surface area contributed by atoms with Gasteiger partial charge in [-0.1, -0.05) is 29.5 Å². The van der Waals surface area contributed by atoms with Crippen molar-refractivity contribution >= 4 is 28.3 Å². The van der Waals surface area contributed by atoms with Gasteiger partial charge in [-0.05, 0) is 42.2 Å². The minimum atomic E-state index is -0.441. The molecule has 2 aromatic carbocycles. The van der Waals surface area contributed by atoms with Gasteiger partial charge in [0.25, 0.3) is 5.91 Å². The number of carbonyl (C=O) groups excluding carboxylic acids is 2. The molecule has 7 rings (SSSR count). The third kappa shape index (κ3) is 5.90. The quantitative estimate of drug-likeness (QED) is 0.317. The van der Waals surface area contributed by atoms with E-state index in [0.717, 1.165) is 36.2 Å². The number of aryl methyl sites for hydroxylation is 1. The molecule has 12 heteroatoms. The van der Waals surface area contributed by atoms with Crippen LogP contribution in [0.4, 0.5) is 4.39 Å². The van der Waals surface area contributed by atoms with Gasteiger partial charge in [0.1, 0.15) is 11.4 Å². The molecule has 4 aromatic rings. The second-order valence-corrected chi connectivity index (χ2v) is 12.0. The SMILES string of the molecule is COc1ccccc1-c1cc(C2=CCCN(C(=O)CCn3ccnn3)C2)c(F)c2[nH]c(C(=O)N3CC[C@@H](N4CCOCC4)C3)cc12. The van der Waals surface area contributed by atoms with Crippen LogP contribution in [0.15, 0.2) is 54.9 Å². The first kappa shape index (κ1) is 30.1. The van der Waals surface area contributed by atoms with Gasteiger partial charge < -0.3 is 24.3 Å². The molecule has 2 saturated heterocycles. The number of aromatic nitrogens is 4. The Morgan fingerprint density at radius 1 is 1.07 bits per heavy atom. The molecule has 240 valence electrons. The topological polar surface area (TPSA) is 109 Å². The van der Waals surface area contributed by atoms with Gasteiger partial charge in [0.2, 0.25) is 5.91 Å². The van der Waals surface area contributed by atoms with Crippen LogP contribution >= 0.6 is 0 Å². The van der Waals surface area contributed by atoms with Crippen LogP contribution in [-0.2, 0) is 16.1 Å². The fraction of sp³-hybridized carbons (Fsp3) is 0.412. The molecular formula is C34H38FN7O4. The number of para-hydroxylation sites is 1. The lowest BCUT2D eigenvalue weighted by Gasteiger charge is -2.32. The van der Waals surface area contributed by atoms with Crippen molar-refractivity contribution < 1.29 is 23.5 Å². The highest BCUT2D eigenvalue weighted by atomic mass is 19.1. The van der Waals surface area contributed by atoms with E-state index >= 15 is 4.39 Å². The van der Waals surface area contributed by atoms with E-state index in [9.17, 15) is 9.59 Å². The molecule has 46 heavy (non-hydrogen) atoms. The summed E-state index contributed by atoms with van der Waals surface area (Å²) < 4.78 is 29.4. The molecule has 0 saturated carbocycles. The molecule has 2 aromatic heterocycles. The van der Waals surface area contributed by atoms with Crippen LogP contribution in [0.1, 0.15) is 35.3 Å². The lowest BCUT2D eigenvalue weighted by Crippen LogP contribution is -2.45. The predicted molar refractivity (Wildman–Crippen MR) is 171 cm³/mol. The zero-order valence-corrected chi connectivity index (χ0v) is 26.0. The fourth-order valence-corrected chi connectivity index (χ4v) is 6.91. The molecule has 1 atom stereocenters. The van der Waals surface area contributed by atoms with E-state index in [2.05, 4.69) is 20.2 Å². The lowest BCUT2D eigenvalue weighted by atomic mass is 9.93. The molecular weight excluding hydrogens is 589 g/mol. The molecule has 0 unspecified atom stereocenters. The van der Waals surface area contributed by atoms with Gasteiger partial charge >= 0.3 is 0 Å². The van der Waals surface area contributed by atoms with E-state index < -0.39 is 5.82 Å². The Balaban J connectivity index is 1.21. The van der Waals surface area contributed by atoms with Crippen LogP contribution in [0.2, 0.25) is 0 Å². The maximum absolute atomic E-state index is 16.6. The van der Waals surface area contributed by atoms with E-state index in [1.807, 2.05) is 41.3 Å². The Hall–Kier alpha value is -4.55. The van der Waals surface area contributed by atoms with Crippen LogP contribution in [0.3, 0.4) is 0 Å². The summed E-state index contributed by atoms with van der Waals surface area (Å²) >= 11 is 0. The lowest BCUT2D eigenvalue weighted by molar-refractivity contribution is -0.131. The Morgan fingerprint density at radius 3 is 2.72 bits per heavy atom. The Labute approximate surface area is 266 Å². The molecule has 3 aliphatic rings. The molecule has 0 aliphatic carbocycles. The van der Waals surface area contributed by atoms with Crippen molar-refractivity contribution in [2.45, 2.75) is 31.8 Å². The first-order valence-electron chi connectivity index (χ1n) is 15.9.